The van der Waals surface area contributed by atoms with Gasteiger partial charge in [0.25, 0.3) is 5.84 Å². The fourth-order valence-electron chi connectivity index (χ4n) is 2.49. The minimum Gasteiger partial charge on any atom is -0.300 e. The van der Waals surface area contributed by atoms with E-state index in [1.54, 1.807) is 13.1 Å². The monoisotopic (exact) mass is 393 g/mol. The maximum atomic E-state index is 12.5. The van der Waals surface area contributed by atoms with Crippen molar-refractivity contribution in [2.24, 2.45) is 10.9 Å². The van der Waals surface area contributed by atoms with Crippen LogP contribution >= 0.6 is 23.1 Å². The number of carbonyl (C=O) groups is 3. The van der Waals surface area contributed by atoms with Gasteiger partial charge >= 0.3 is 11.9 Å². The summed E-state index contributed by atoms with van der Waals surface area (Å²) in [6.07, 6.45) is 3.99. The van der Waals surface area contributed by atoms with Gasteiger partial charge in [0.2, 0.25) is 11.0 Å². The second-order valence-corrected chi connectivity index (χ2v) is 7.68. The second kappa shape index (κ2) is 7.46. The predicted molar refractivity (Wildman–Crippen MR) is 99.8 cm³/mol. The molecule has 0 saturated heterocycles. The molecule has 2 aliphatic rings. The Labute approximate surface area is 157 Å². The Bertz CT molecular complexity index is 872. The van der Waals surface area contributed by atoms with Gasteiger partial charge in [0, 0.05) is 4.91 Å². The first-order valence-electron chi connectivity index (χ1n) is 7.83. The first kappa shape index (κ1) is 18.4. The lowest BCUT2D eigenvalue weighted by Crippen LogP contribution is -2.52. The summed E-state index contributed by atoms with van der Waals surface area (Å²) >= 11 is 2.57. The van der Waals surface area contributed by atoms with Crippen LogP contribution in [0.25, 0.3) is 0 Å². The van der Waals surface area contributed by atoms with Crippen molar-refractivity contribution in [2.45, 2.75) is 13.3 Å². The number of urea groups is 1. The molecule has 4 amide bonds. The molecule has 3 rings (SSSR count). The number of fused-ring (bicyclic) bond motifs is 1. The minimum absolute atomic E-state index is 0.110. The van der Waals surface area contributed by atoms with Gasteiger partial charge in [0.15, 0.2) is 5.92 Å². The van der Waals surface area contributed by atoms with Gasteiger partial charge in [0.1, 0.15) is 11.2 Å². The summed E-state index contributed by atoms with van der Waals surface area (Å²) in [5, 5.41) is 11.9. The first-order chi connectivity index (χ1) is 12.4. The highest BCUT2D eigenvalue weighted by Gasteiger charge is 2.47. The predicted octanol–water partition coefficient (Wildman–Crippen LogP) is 0.990. The van der Waals surface area contributed by atoms with Crippen LogP contribution in [-0.2, 0) is 16.0 Å². The number of anilines is 1. The number of imide groups is 1. The Morgan fingerprint density at radius 3 is 2.88 bits per heavy atom. The van der Waals surface area contributed by atoms with Gasteiger partial charge in [-0.1, -0.05) is 18.3 Å². The molecule has 2 aliphatic heterocycles. The molecule has 0 fully saturated rings. The van der Waals surface area contributed by atoms with E-state index in [1.165, 1.54) is 40.9 Å². The second-order valence-electron chi connectivity index (χ2n) is 5.57. The maximum Gasteiger partial charge on any atom is 0.445 e. The molecule has 3 heterocycles. The summed E-state index contributed by atoms with van der Waals surface area (Å²) in [4.78, 5) is 42.6. The lowest BCUT2D eigenvalue weighted by atomic mass is 10.0. The molecule has 0 radical (unpaired) electrons. The third kappa shape index (κ3) is 3.44. The summed E-state index contributed by atoms with van der Waals surface area (Å²) in [6, 6.07) is -0.426. The number of aromatic nitrogens is 2. The molecule has 136 valence electrons. The average molecular weight is 393 g/mol. The zero-order chi connectivity index (χ0) is 18.8. The van der Waals surface area contributed by atoms with Crippen molar-refractivity contribution >= 4 is 58.1 Å². The van der Waals surface area contributed by atoms with E-state index in [0.29, 0.717) is 15.9 Å². The van der Waals surface area contributed by atoms with E-state index in [1.807, 2.05) is 6.92 Å². The number of allylic oxidation sites excluding steroid dienone is 1. The Morgan fingerprint density at radius 2 is 2.19 bits per heavy atom. The van der Waals surface area contributed by atoms with Crippen molar-refractivity contribution < 1.29 is 19.0 Å². The van der Waals surface area contributed by atoms with Crippen molar-refractivity contribution in [3.63, 3.8) is 0 Å². The van der Waals surface area contributed by atoms with Gasteiger partial charge in [0.05, 0.1) is 19.8 Å². The van der Waals surface area contributed by atoms with Crippen LogP contribution in [0.2, 0.25) is 0 Å². The van der Waals surface area contributed by atoms with Crippen molar-refractivity contribution in [3.05, 3.63) is 16.0 Å². The van der Waals surface area contributed by atoms with Gasteiger partial charge < -0.3 is 0 Å². The number of rotatable bonds is 5. The van der Waals surface area contributed by atoms with E-state index in [2.05, 4.69) is 20.5 Å². The van der Waals surface area contributed by atoms with Crippen molar-refractivity contribution in [2.75, 3.05) is 25.2 Å². The van der Waals surface area contributed by atoms with Crippen molar-refractivity contribution in [3.8, 4) is 0 Å². The first-order valence-corrected chi connectivity index (χ1v) is 9.64. The quantitative estimate of drug-likeness (QED) is 0.748. The van der Waals surface area contributed by atoms with Gasteiger partial charge in [-0.25, -0.2) is 4.79 Å². The fourth-order valence-corrected chi connectivity index (χ4v) is 4.09. The number of dihydropyridines is 1. The van der Waals surface area contributed by atoms with Crippen LogP contribution in [0.15, 0.2) is 16.0 Å². The van der Waals surface area contributed by atoms with E-state index < -0.39 is 11.9 Å². The summed E-state index contributed by atoms with van der Waals surface area (Å²) < 4.78 is 1.35. The fraction of sp³-hybridized carbons (Fsp3) is 0.400. The number of aryl methyl sites for hydroxylation is 1. The number of nitrogens with zero attached hydrogens (tertiary/aromatic N) is 5. The third-order valence-corrected chi connectivity index (χ3v) is 5.96. The van der Waals surface area contributed by atoms with E-state index in [4.69, 9.17) is 0 Å². The highest BCUT2D eigenvalue weighted by molar-refractivity contribution is 8.03. The molecule has 0 aliphatic carbocycles. The minimum atomic E-state index is -0.668. The van der Waals surface area contributed by atoms with Crippen LogP contribution in [0.1, 0.15) is 11.9 Å². The van der Waals surface area contributed by atoms with E-state index in [0.717, 1.165) is 16.3 Å². The summed E-state index contributed by atoms with van der Waals surface area (Å²) in [7, 11) is 3.01. The average Bonchev–Trinajstić information content (AvgIpc) is 3.10. The molecular formula is C15H17N6O3S2+. The van der Waals surface area contributed by atoms with E-state index in [9.17, 15) is 14.4 Å². The standard InChI is InChI=1S/C15H16N6O3S2/c1-4-10-18-19-14(26-10)17-9(22)7-25-8-5-6-16-12-11(8)13(23)21(3)15(24)20(12)2/h5-6,11H,4,7H2,1-3H3/p+1. The lowest BCUT2D eigenvalue weighted by molar-refractivity contribution is -0.407. The van der Waals surface area contributed by atoms with Crippen LogP contribution in [-0.4, -0.2) is 69.4 Å². The molecule has 0 saturated carbocycles. The maximum absolute atomic E-state index is 12.5. The van der Waals surface area contributed by atoms with E-state index >= 15 is 0 Å². The Hall–Kier alpha value is -2.40. The number of hydrogen-bond donors (Lipinski definition) is 1. The van der Waals surface area contributed by atoms with Gasteiger partial charge in [-0.3, -0.25) is 14.9 Å². The summed E-state index contributed by atoms with van der Waals surface area (Å²) in [5.41, 5.74) is 0. The normalized spacial score (nSPS) is 19.6. The van der Waals surface area contributed by atoms with Crippen molar-refractivity contribution in [1.29, 1.82) is 0 Å². The molecule has 1 aromatic heterocycles. The number of amidine groups is 1. The van der Waals surface area contributed by atoms with Crippen LogP contribution < -0.4 is 5.32 Å². The number of hydrogen-bond acceptors (Lipinski definition) is 8. The lowest BCUT2D eigenvalue weighted by Gasteiger charge is -2.26. The number of amides is 4. The highest BCUT2D eigenvalue weighted by Crippen LogP contribution is 2.31. The summed E-state index contributed by atoms with van der Waals surface area (Å²) in [5.74, 6) is -0.770. The van der Waals surface area contributed by atoms with Crippen LogP contribution in [0.3, 0.4) is 0 Å². The van der Waals surface area contributed by atoms with Crippen LogP contribution in [0.4, 0.5) is 9.93 Å². The molecule has 1 aromatic rings. The molecular weight excluding hydrogens is 376 g/mol. The topological polar surface area (TPSA) is 108 Å². The molecule has 1 unspecified atom stereocenters. The summed E-state index contributed by atoms with van der Waals surface area (Å²) in [6.45, 7) is 1.97. The molecule has 26 heavy (non-hydrogen) atoms. The Balaban J connectivity index is 1.69. The Morgan fingerprint density at radius 1 is 1.42 bits per heavy atom. The highest BCUT2D eigenvalue weighted by atomic mass is 32.2. The molecule has 1 atom stereocenters. The van der Waals surface area contributed by atoms with Crippen LogP contribution in [0, 0.1) is 5.92 Å². The number of carbonyl (C=O) groups excluding carboxylic acids is 3. The molecule has 0 spiro atoms. The third-order valence-electron chi connectivity index (χ3n) is 3.87. The van der Waals surface area contributed by atoms with Crippen LogP contribution in [0.5, 0.6) is 0 Å². The Kier molecular flexibility index (Phi) is 5.28. The molecule has 9 nitrogen and oxygen atoms in total. The van der Waals surface area contributed by atoms with Gasteiger partial charge in [-0.05, 0) is 12.5 Å². The molecule has 0 bridgehead atoms. The number of thioether (sulfide) groups is 1. The number of nitrogens with one attached hydrogen (secondary N) is 1. The number of aliphatic imine (C=N–C) groups is 1. The zero-order valence-corrected chi connectivity index (χ0v) is 16.1. The van der Waals surface area contributed by atoms with Crippen molar-refractivity contribution in [1.82, 2.24) is 15.1 Å². The molecule has 1 N–H and O–H groups in total. The largest absolute Gasteiger partial charge is 0.445 e. The van der Waals surface area contributed by atoms with Gasteiger partial charge in [-0.2, -0.15) is 9.48 Å². The smallest absolute Gasteiger partial charge is 0.300 e. The van der Waals surface area contributed by atoms with Gasteiger partial charge in [-0.15, -0.1) is 27.0 Å². The molecule has 11 heteroatoms. The molecule has 0 aromatic carbocycles. The SMILES string of the molecule is CCc1nnc(NC(=O)CSC2=CC=NC3=[N+](C)C(=O)N(C)C(=O)C23)s1. The zero-order valence-electron chi connectivity index (χ0n) is 14.4. The van der Waals surface area contributed by atoms with E-state index in [-0.39, 0.29) is 17.6 Å².